The third-order valence-electron chi connectivity index (χ3n) is 2.88. The maximum atomic E-state index is 14.0. The fourth-order valence-corrected chi connectivity index (χ4v) is 2.08. The molecular formula is C13H9ClF3N3O3. The zero-order chi connectivity index (χ0) is 17.3. The standard InChI is InChI=1S/C13H9ClF3N3O3/c1-6-18-20(13(23)19(6)12(16)17)10-4-7(2-3-11(21)22)8(14)5-9(10)15/h2-5,12H,1H3,(H,21,22)/b3-2+. The number of alkyl halides is 2. The first-order chi connectivity index (χ1) is 10.7. The van der Waals surface area contributed by atoms with Crippen LogP contribution in [-0.4, -0.2) is 25.4 Å². The van der Waals surface area contributed by atoms with Crippen molar-refractivity contribution in [1.82, 2.24) is 14.3 Å². The monoisotopic (exact) mass is 347 g/mol. The van der Waals surface area contributed by atoms with Crippen LogP contribution in [0.4, 0.5) is 13.2 Å². The molecular weight excluding hydrogens is 339 g/mol. The summed E-state index contributed by atoms with van der Waals surface area (Å²) in [7, 11) is 0. The Labute approximate surface area is 132 Å². The number of carboxylic acid groups (broad SMARTS) is 1. The van der Waals surface area contributed by atoms with Crippen molar-refractivity contribution in [2.24, 2.45) is 0 Å². The van der Waals surface area contributed by atoms with E-state index in [0.29, 0.717) is 4.68 Å². The Morgan fingerprint density at radius 1 is 1.43 bits per heavy atom. The Morgan fingerprint density at radius 3 is 2.61 bits per heavy atom. The van der Waals surface area contributed by atoms with E-state index in [2.05, 4.69) is 5.10 Å². The quantitative estimate of drug-likeness (QED) is 0.862. The molecule has 0 bridgehead atoms. The van der Waals surface area contributed by atoms with Crippen molar-refractivity contribution >= 4 is 23.6 Å². The fraction of sp³-hybridized carbons (Fsp3) is 0.154. The molecule has 0 fully saturated rings. The van der Waals surface area contributed by atoms with Crippen molar-refractivity contribution in [2.45, 2.75) is 13.5 Å². The lowest BCUT2D eigenvalue weighted by molar-refractivity contribution is -0.131. The summed E-state index contributed by atoms with van der Waals surface area (Å²) in [6, 6.07) is 1.88. The van der Waals surface area contributed by atoms with E-state index in [9.17, 15) is 22.8 Å². The molecule has 1 aromatic carbocycles. The molecule has 1 N–H and O–H groups in total. The molecule has 0 spiro atoms. The highest BCUT2D eigenvalue weighted by molar-refractivity contribution is 6.32. The second-order valence-electron chi connectivity index (χ2n) is 4.39. The average Bonchev–Trinajstić information content (AvgIpc) is 2.72. The third-order valence-corrected chi connectivity index (χ3v) is 3.20. The van der Waals surface area contributed by atoms with Crippen LogP contribution in [0, 0.1) is 12.7 Å². The van der Waals surface area contributed by atoms with Crippen LogP contribution >= 0.6 is 11.6 Å². The molecule has 0 unspecified atom stereocenters. The van der Waals surface area contributed by atoms with Crippen LogP contribution in [0.15, 0.2) is 23.0 Å². The van der Waals surface area contributed by atoms with E-state index in [4.69, 9.17) is 16.7 Å². The lowest BCUT2D eigenvalue weighted by atomic mass is 10.1. The van der Waals surface area contributed by atoms with Gasteiger partial charge >= 0.3 is 18.2 Å². The van der Waals surface area contributed by atoms with Gasteiger partial charge < -0.3 is 5.11 Å². The first-order valence-electron chi connectivity index (χ1n) is 6.09. The molecule has 0 radical (unpaired) electrons. The summed E-state index contributed by atoms with van der Waals surface area (Å²) in [4.78, 5) is 22.4. The van der Waals surface area contributed by atoms with Crippen molar-refractivity contribution in [3.63, 3.8) is 0 Å². The van der Waals surface area contributed by atoms with Crippen LogP contribution in [0.25, 0.3) is 11.8 Å². The first kappa shape index (κ1) is 16.8. The molecule has 1 heterocycles. The second kappa shape index (κ2) is 6.29. The summed E-state index contributed by atoms with van der Waals surface area (Å²) in [5, 5.41) is 12.1. The number of hydrogen-bond acceptors (Lipinski definition) is 3. The lowest BCUT2D eigenvalue weighted by Gasteiger charge is -2.05. The molecule has 0 atom stereocenters. The minimum atomic E-state index is -3.13. The van der Waals surface area contributed by atoms with Crippen LogP contribution in [0.3, 0.4) is 0 Å². The summed E-state index contributed by atoms with van der Waals surface area (Å²) in [6.07, 6.45) is 1.84. The predicted octanol–water partition coefficient (Wildman–Crippen LogP) is 2.63. The van der Waals surface area contributed by atoms with Crippen molar-refractivity contribution in [2.75, 3.05) is 0 Å². The summed E-state index contributed by atoms with van der Waals surface area (Å²) in [5.41, 5.74) is -1.57. The number of rotatable bonds is 4. The van der Waals surface area contributed by atoms with Gasteiger partial charge in [-0.3, -0.25) is 0 Å². The Balaban J connectivity index is 2.65. The lowest BCUT2D eigenvalue weighted by Crippen LogP contribution is -2.25. The molecule has 0 saturated carbocycles. The van der Waals surface area contributed by atoms with Gasteiger partial charge in [-0.05, 0) is 30.7 Å². The Morgan fingerprint density at radius 2 is 2.09 bits per heavy atom. The number of aryl methyl sites for hydroxylation is 1. The van der Waals surface area contributed by atoms with Crippen LogP contribution in [0.1, 0.15) is 17.9 Å². The van der Waals surface area contributed by atoms with Crippen LogP contribution in [0.2, 0.25) is 5.02 Å². The summed E-state index contributed by atoms with van der Waals surface area (Å²) in [6.45, 7) is -1.96. The van der Waals surface area contributed by atoms with Crippen molar-refractivity contribution in [3.8, 4) is 5.69 Å². The maximum Gasteiger partial charge on any atom is 0.355 e. The van der Waals surface area contributed by atoms with Gasteiger partial charge in [-0.25, -0.2) is 18.5 Å². The molecule has 23 heavy (non-hydrogen) atoms. The number of benzene rings is 1. The average molecular weight is 348 g/mol. The molecule has 6 nitrogen and oxygen atoms in total. The molecule has 2 rings (SSSR count). The fourth-order valence-electron chi connectivity index (χ4n) is 1.86. The van der Waals surface area contributed by atoms with Gasteiger partial charge in [-0.1, -0.05) is 11.6 Å². The van der Waals surface area contributed by atoms with Crippen LogP contribution in [0.5, 0.6) is 0 Å². The molecule has 10 heteroatoms. The van der Waals surface area contributed by atoms with E-state index in [-0.39, 0.29) is 21.0 Å². The normalized spacial score (nSPS) is 11.6. The van der Waals surface area contributed by atoms with E-state index in [1.165, 1.54) is 6.92 Å². The molecule has 1 aromatic heterocycles. The second-order valence-corrected chi connectivity index (χ2v) is 4.79. The minimum Gasteiger partial charge on any atom is -0.478 e. The van der Waals surface area contributed by atoms with Gasteiger partial charge in [0.2, 0.25) is 0 Å². The van der Waals surface area contributed by atoms with E-state index in [1.54, 1.807) is 0 Å². The summed E-state index contributed by atoms with van der Waals surface area (Å²) in [5.74, 6) is -2.53. The number of hydrogen-bond donors (Lipinski definition) is 1. The van der Waals surface area contributed by atoms with Gasteiger partial charge in [-0.15, -0.1) is 5.10 Å². The number of halogens is 4. The highest BCUT2D eigenvalue weighted by Gasteiger charge is 2.20. The first-order valence-corrected chi connectivity index (χ1v) is 6.47. The third kappa shape index (κ3) is 3.29. The zero-order valence-corrected chi connectivity index (χ0v) is 12.3. The summed E-state index contributed by atoms with van der Waals surface area (Å²) >= 11 is 5.78. The highest BCUT2D eigenvalue weighted by Crippen LogP contribution is 2.24. The van der Waals surface area contributed by atoms with Crippen LogP contribution in [-0.2, 0) is 4.79 Å². The topological polar surface area (TPSA) is 77.1 Å². The minimum absolute atomic E-state index is 0.0848. The summed E-state index contributed by atoms with van der Waals surface area (Å²) < 4.78 is 40.2. The largest absolute Gasteiger partial charge is 0.478 e. The smallest absolute Gasteiger partial charge is 0.355 e. The van der Waals surface area contributed by atoms with Gasteiger partial charge in [0.15, 0.2) is 5.82 Å². The van der Waals surface area contributed by atoms with E-state index in [0.717, 1.165) is 24.3 Å². The molecule has 0 aliphatic heterocycles. The van der Waals surface area contributed by atoms with Crippen molar-refractivity contribution in [3.05, 3.63) is 50.9 Å². The van der Waals surface area contributed by atoms with Gasteiger partial charge in [0.1, 0.15) is 11.5 Å². The molecule has 122 valence electrons. The maximum absolute atomic E-state index is 14.0. The number of aromatic nitrogens is 3. The highest BCUT2D eigenvalue weighted by atomic mass is 35.5. The SMILES string of the molecule is Cc1nn(-c2cc(/C=C/C(=O)O)c(Cl)cc2F)c(=O)n1C(F)F. The number of nitrogens with zero attached hydrogens (tertiary/aromatic N) is 3. The molecule has 0 amide bonds. The molecule has 0 aliphatic rings. The molecule has 2 aromatic rings. The van der Waals surface area contributed by atoms with Crippen molar-refractivity contribution < 1.29 is 23.1 Å². The van der Waals surface area contributed by atoms with Crippen LogP contribution < -0.4 is 5.69 Å². The van der Waals surface area contributed by atoms with Gasteiger partial charge in [-0.2, -0.15) is 13.5 Å². The molecule has 0 aliphatic carbocycles. The van der Waals surface area contributed by atoms with E-state index >= 15 is 0 Å². The van der Waals surface area contributed by atoms with Crippen molar-refractivity contribution in [1.29, 1.82) is 0 Å². The van der Waals surface area contributed by atoms with E-state index < -0.39 is 29.7 Å². The van der Waals surface area contributed by atoms with Gasteiger partial charge in [0, 0.05) is 6.08 Å². The Hall–Kier alpha value is -2.55. The molecule has 0 saturated heterocycles. The Bertz CT molecular complexity index is 858. The number of carboxylic acids is 1. The number of aliphatic carboxylic acids is 1. The number of carbonyl (C=O) groups is 1. The van der Waals surface area contributed by atoms with E-state index in [1.807, 2.05) is 0 Å². The van der Waals surface area contributed by atoms with Gasteiger partial charge in [0.25, 0.3) is 0 Å². The predicted molar refractivity (Wildman–Crippen MR) is 75.5 cm³/mol. The van der Waals surface area contributed by atoms with Gasteiger partial charge in [0.05, 0.1) is 5.02 Å². The zero-order valence-electron chi connectivity index (χ0n) is 11.5. The Kier molecular flexibility index (Phi) is 4.60.